The summed E-state index contributed by atoms with van der Waals surface area (Å²) in [6.45, 7) is 7.24. The average molecular weight is 363 g/mol. The van der Waals surface area contributed by atoms with Crippen molar-refractivity contribution in [1.29, 1.82) is 0 Å². The summed E-state index contributed by atoms with van der Waals surface area (Å²) in [6.07, 6.45) is 0.275. The van der Waals surface area contributed by atoms with Gasteiger partial charge >= 0.3 is 0 Å². The molecule has 2 amide bonds. The van der Waals surface area contributed by atoms with E-state index in [1.54, 1.807) is 0 Å². The molecule has 0 radical (unpaired) electrons. The number of piperazine rings is 1. The van der Waals surface area contributed by atoms with E-state index in [9.17, 15) is 9.59 Å². The lowest BCUT2D eigenvalue weighted by atomic mass is 10.1. The summed E-state index contributed by atoms with van der Waals surface area (Å²) in [5, 5.41) is 0. The Balaban J connectivity index is 1.47. The minimum Gasteiger partial charge on any atom is -0.369 e. The molecular formula is C22H25N3O2. The Morgan fingerprint density at radius 2 is 1.59 bits per heavy atom. The van der Waals surface area contributed by atoms with Crippen molar-refractivity contribution in [2.45, 2.75) is 26.3 Å². The van der Waals surface area contributed by atoms with E-state index in [1.165, 1.54) is 10.6 Å². The Bertz CT molecular complexity index is 857. The second-order valence-electron chi connectivity index (χ2n) is 7.44. The van der Waals surface area contributed by atoms with Crippen LogP contribution in [0.5, 0.6) is 0 Å². The molecule has 2 saturated heterocycles. The van der Waals surface area contributed by atoms with Crippen LogP contribution in [0.4, 0.5) is 11.4 Å². The first kappa shape index (κ1) is 17.7. The van der Waals surface area contributed by atoms with Gasteiger partial charge in [0.25, 0.3) is 5.91 Å². The first-order chi connectivity index (χ1) is 13.0. The van der Waals surface area contributed by atoms with Gasteiger partial charge in [0.15, 0.2) is 0 Å². The van der Waals surface area contributed by atoms with Crippen LogP contribution in [0.3, 0.4) is 0 Å². The van der Waals surface area contributed by atoms with Gasteiger partial charge < -0.3 is 4.90 Å². The molecule has 2 aromatic carbocycles. The van der Waals surface area contributed by atoms with Crippen LogP contribution >= 0.6 is 0 Å². The van der Waals surface area contributed by atoms with Gasteiger partial charge in [-0.1, -0.05) is 30.3 Å². The maximum Gasteiger partial charge on any atom is 0.251 e. The summed E-state index contributed by atoms with van der Waals surface area (Å²) in [5.41, 5.74) is 3.95. The van der Waals surface area contributed by atoms with E-state index in [0.29, 0.717) is 0 Å². The van der Waals surface area contributed by atoms with Crippen molar-refractivity contribution in [3.05, 3.63) is 59.7 Å². The molecule has 2 aliphatic heterocycles. The van der Waals surface area contributed by atoms with Crippen LogP contribution in [0.25, 0.3) is 0 Å². The molecule has 140 valence electrons. The molecular weight excluding hydrogens is 338 g/mol. The van der Waals surface area contributed by atoms with Crippen LogP contribution in [-0.4, -0.2) is 48.9 Å². The first-order valence-corrected chi connectivity index (χ1v) is 9.52. The van der Waals surface area contributed by atoms with Gasteiger partial charge in [-0.2, -0.15) is 0 Å². The molecule has 2 aromatic rings. The van der Waals surface area contributed by atoms with Crippen LogP contribution in [0.1, 0.15) is 17.5 Å². The third-order valence-electron chi connectivity index (χ3n) is 5.60. The number of carbonyl (C=O) groups excluding carboxylic acids is 2. The molecule has 0 unspecified atom stereocenters. The van der Waals surface area contributed by atoms with E-state index in [0.717, 1.165) is 43.0 Å². The van der Waals surface area contributed by atoms with Crippen LogP contribution in [0.2, 0.25) is 0 Å². The number of para-hydroxylation sites is 1. The maximum atomic E-state index is 13.1. The molecule has 5 nitrogen and oxygen atoms in total. The van der Waals surface area contributed by atoms with Crippen molar-refractivity contribution in [3.8, 4) is 0 Å². The highest BCUT2D eigenvalue weighted by Gasteiger charge is 2.43. The van der Waals surface area contributed by atoms with Crippen LogP contribution in [-0.2, 0) is 9.59 Å². The number of anilines is 2. The van der Waals surface area contributed by atoms with Crippen LogP contribution < -0.4 is 9.80 Å². The zero-order chi connectivity index (χ0) is 19.0. The monoisotopic (exact) mass is 363 g/mol. The molecule has 0 spiro atoms. The number of aryl methyl sites for hydroxylation is 2. The van der Waals surface area contributed by atoms with Gasteiger partial charge in [0, 0.05) is 31.9 Å². The quantitative estimate of drug-likeness (QED) is 0.787. The number of benzene rings is 2. The largest absolute Gasteiger partial charge is 0.369 e. The number of rotatable bonds is 3. The lowest BCUT2D eigenvalue weighted by Gasteiger charge is -2.38. The zero-order valence-corrected chi connectivity index (χ0v) is 15.9. The highest BCUT2D eigenvalue weighted by molar-refractivity contribution is 6.22. The van der Waals surface area contributed by atoms with E-state index in [-0.39, 0.29) is 24.3 Å². The lowest BCUT2D eigenvalue weighted by molar-refractivity contribution is -0.123. The van der Waals surface area contributed by atoms with Crippen LogP contribution in [0.15, 0.2) is 48.5 Å². The minimum atomic E-state index is -0.338. The summed E-state index contributed by atoms with van der Waals surface area (Å²) in [4.78, 5) is 31.6. The Morgan fingerprint density at radius 1 is 0.889 bits per heavy atom. The number of amides is 2. The third-order valence-corrected chi connectivity index (χ3v) is 5.60. The smallest absolute Gasteiger partial charge is 0.251 e. The predicted molar refractivity (Wildman–Crippen MR) is 107 cm³/mol. The summed E-state index contributed by atoms with van der Waals surface area (Å²) < 4.78 is 0. The van der Waals surface area contributed by atoms with Gasteiger partial charge in [-0.3, -0.25) is 14.5 Å². The standard InChI is InChI=1S/C22H25N3O2/c1-16-8-9-17(2)19(14-16)25-21(26)15-20(22(25)27)24-12-10-23(11-13-24)18-6-4-3-5-7-18/h3-9,14,20H,10-13,15H2,1-2H3/t20-/m0/s1. The Kier molecular flexibility index (Phi) is 4.70. The summed E-state index contributed by atoms with van der Waals surface area (Å²) in [7, 11) is 0. The average Bonchev–Trinajstić information content (AvgIpc) is 2.99. The Labute approximate surface area is 160 Å². The molecule has 0 N–H and O–H groups in total. The van der Waals surface area contributed by atoms with Gasteiger partial charge in [-0.25, -0.2) is 4.90 Å². The van der Waals surface area contributed by atoms with E-state index < -0.39 is 0 Å². The van der Waals surface area contributed by atoms with Gasteiger partial charge in [-0.05, 0) is 43.2 Å². The molecule has 0 aliphatic carbocycles. The van der Waals surface area contributed by atoms with Gasteiger partial charge in [-0.15, -0.1) is 0 Å². The van der Waals surface area contributed by atoms with Crippen molar-refractivity contribution in [2.24, 2.45) is 0 Å². The topological polar surface area (TPSA) is 43.9 Å². The van der Waals surface area contributed by atoms with Gasteiger partial charge in [0.1, 0.15) is 0 Å². The lowest BCUT2D eigenvalue weighted by Crippen LogP contribution is -2.52. The molecule has 2 heterocycles. The number of imide groups is 1. The number of hydrogen-bond donors (Lipinski definition) is 0. The normalized spacial score (nSPS) is 21.2. The third kappa shape index (κ3) is 3.35. The molecule has 1 atom stereocenters. The van der Waals surface area contributed by atoms with E-state index in [1.807, 2.05) is 50.2 Å². The number of hydrogen-bond acceptors (Lipinski definition) is 4. The second kappa shape index (κ2) is 7.16. The summed E-state index contributed by atoms with van der Waals surface area (Å²) in [5.74, 6) is -0.175. The summed E-state index contributed by atoms with van der Waals surface area (Å²) >= 11 is 0. The highest BCUT2D eigenvalue weighted by Crippen LogP contribution is 2.30. The van der Waals surface area contributed by atoms with Crippen molar-refractivity contribution < 1.29 is 9.59 Å². The molecule has 4 rings (SSSR count). The predicted octanol–water partition coefficient (Wildman–Crippen LogP) is 2.76. The molecule has 0 aromatic heterocycles. The fourth-order valence-corrected chi connectivity index (χ4v) is 4.05. The fourth-order valence-electron chi connectivity index (χ4n) is 4.05. The molecule has 5 heteroatoms. The van der Waals surface area contributed by atoms with E-state index in [2.05, 4.69) is 21.9 Å². The maximum absolute atomic E-state index is 13.1. The number of carbonyl (C=O) groups is 2. The molecule has 2 aliphatic rings. The zero-order valence-electron chi connectivity index (χ0n) is 15.9. The van der Waals surface area contributed by atoms with Crippen LogP contribution in [0, 0.1) is 13.8 Å². The van der Waals surface area contributed by atoms with Crippen molar-refractivity contribution in [2.75, 3.05) is 36.0 Å². The van der Waals surface area contributed by atoms with E-state index >= 15 is 0 Å². The van der Waals surface area contributed by atoms with Gasteiger partial charge in [0.05, 0.1) is 18.2 Å². The van der Waals surface area contributed by atoms with E-state index in [4.69, 9.17) is 0 Å². The van der Waals surface area contributed by atoms with Crippen molar-refractivity contribution >= 4 is 23.2 Å². The fraction of sp³-hybridized carbons (Fsp3) is 0.364. The second-order valence-corrected chi connectivity index (χ2v) is 7.44. The Morgan fingerprint density at radius 3 is 2.30 bits per heavy atom. The highest BCUT2D eigenvalue weighted by atomic mass is 16.2. The van der Waals surface area contributed by atoms with Crippen molar-refractivity contribution in [3.63, 3.8) is 0 Å². The molecule has 27 heavy (non-hydrogen) atoms. The minimum absolute atomic E-state index is 0.0816. The summed E-state index contributed by atoms with van der Waals surface area (Å²) in [6, 6.07) is 15.9. The molecule has 0 saturated carbocycles. The molecule has 0 bridgehead atoms. The van der Waals surface area contributed by atoms with Crippen molar-refractivity contribution in [1.82, 2.24) is 4.90 Å². The SMILES string of the molecule is Cc1ccc(C)c(N2C(=O)C[C@H](N3CCN(c4ccccc4)CC3)C2=O)c1. The molecule has 2 fully saturated rings. The Hall–Kier alpha value is -2.66. The first-order valence-electron chi connectivity index (χ1n) is 9.52. The van der Waals surface area contributed by atoms with Gasteiger partial charge in [0.2, 0.25) is 5.91 Å². The number of nitrogens with zero attached hydrogens (tertiary/aromatic N) is 3.